The molecule has 0 bridgehead atoms. The third-order valence-electron chi connectivity index (χ3n) is 3.19. The van der Waals surface area contributed by atoms with Crippen molar-refractivity contribution in [2.75, 3.05) is 55.4 Å². The van der Waals surface area contributed by atoms with Crippen LogP contribution >= 0.6 is 7.60 Å². The fraction of sp³-hybridized carbons (Fsp3) is 0.625. The molecule has 0 aliphatic rings. The van der Waals surface area contributed by atoms with Crippen LogP contribution in [0.15, 0.2) is 25.3 Å². The van der Waals surface area contributed by atoms with Gasteiger partial charge in [-0.3, -0.25) is 9.36 Å². The van der Waals surface area contributed by atoms with Crippen molar-refractivity contribution in [3.8, 4) is 0 Å². The maximum Gasteiger partial charge on any atom is 0.426 e. The minimum atomic E-state index is -3.84. The van der Waals surface area contributed by atoms with Gasteiger partial charge < -0.3 is 13.7 Å². The van der Waals surface area contributed by atoms with E-state index in [4.69, 9.17) is 13.9 Å². The van der Waals surface area contributed by atoms with Gasteiger partial charge in [0.05, 0.1) is 41.7 Å². The second-order valence-electron chi connectivity index (χ2n) is 7.09. The minimum absolute atomic E-state index is 0.150. The lowest BCUT2D eigenvalue weighted by atomic mass is 10.3. The van der Waals surface area contributed by atoms with E-state index < -0.39 is 19.4 Å². The molecule has 0 aliphatic heterocycles. The summed E-state index contributed by atoms with van der Waals surface area (Å²) in [5.41, 5.74) is 0. The number of carbonyl (C=O) groups is 2. The summed E-state index contributed by atoms with van der Waals surface area (Å²) in [4.78, 5) is 23.1. The molecule has 0 saturated carbocycles. The second kappa shape index (κ2) is 9.40. The summed E-state index contributed by atoms with van der Waals surface area (Å²) < 4.78 is 29.5. The van der Waals surface area contributed by atoms with Crippen LogP contribution in [0.4, 0.5) is 0 Å². The van der Waals surface area contributed by atoms with Crippen LogP contribution in [0.1, 0.15) is 6.42 Å². The van der Waals surface area contributed by atoms with E-state index in [1.807, 2.05) is 21.1 Å². The summed E-state index contributed by atoms with van der Waals surface area (Å²) in [5.74, 6) is -1.98. The maximum atomic E-state index is 13.3. The molecule has 2 unspecified atom stereocenters. The van der Waals surface area contributed by atoms with Gasteiger partial charge in [0, 0.05) is 13.2 Å². The van der Waals surface area contributed by atoms with E-state index in [2.05, 4.69) is 13.2 Å². The van der Waals surface area contributed by atoms with Gasteiger partial charge >= 0.3 is 13.6 Å². The molecule has 9 heteroatoms. The fourth-order valence-corrected chi connectivity index (χ4v) is 3.91. The van der Waals surface area contributed by atoms with Crippen LogP contribution in [0.2, 0.25) is 0 Å². The SMILES string of the molecule is C=CC(=O)CC[N+](C)(C)OP(=O)(OC)C(C[N+](C)(C)C)OC(=O)C=C. The molecule has 0 fully saturated rings. The molecule has 0 spiro atoms. The lowest BCUT2D eigenvalue weighted by Crippen LogP contribution is -2.46. The van der Waals surface area contributed by atoms with Crippen LogP contribution in [-0.4, -0.2) is 82.2 Å². The molecule has 0 rings (SSSR count). The standard InChI is InChI=1S/C16H31N2O6P/c1-9-14(19)11-12-18(6,7)24-25(21,22-8)16(13-17(3,4)5)23-15(20)10-2/h9-10,16H,1-2,11-13H2,3-8H3/q+2. The van der Waals surface area contributed by atoms with E-state index in [1.165, 1.54) is 13.2 Å². The molecule has 8 nitrogen and oxygen atoms in total. The number of likely N-dealkylation sites (N-methyl/N-ethyl adjacent to an activating group) is 1. The molecule has 0 N–H and O–H groups in total. The van der Waals surface area contributed by atoms with Gasteiger partial charge in [0.2, 0.25) is 0 Å². The van der Waals surface area contributed by atoms with Gasteiger partial charge in [0.15, 0.2) is 5.78 Å². The molecular formula is C16H31N2O6P+2. The average Bonchev–Trinajstić information content (AvgIpc) is 2.49. The molecule has 144 valence electrons. The van der Waals surface area contributed by atoms with E-state index in [9.17, 15) is 14.2 Å². The Balaban J connectivity index is 5.46. The summed E-state index contributed by atoms with van der Waals surface area (Å²) >= 11 is 0. The number of hydrogen-bond acceptors (Lipinski definition) is 6. The molecule has 0 aromatic heterocycles. The highest BCUT2D eigenvalue weighted by atomic mass is 31.2. The number of hydroxylamine groups is 3. The van der Waals surface area contributed by atoms with E-state index in [0.29, 0.717) is 4.48 Å². The average molecular weight is 378 g/mol. The number of ketones is 1. The Morgan fingerprint density at radius 3 is 2.08 bits per heavy atom. The number of rotatable bonds is 12. The van der Waals surface area contributed by atoms with Gasteiger partial charge in [-0.1, -0.05) is 13.2 Å². The monoisotopic (exact) mass is 378 g/mol. The molecule has 0 saturated heterocycles. The lowest BCUT2D eigenvalue weighted by molar-refractivity contribution is -1.05. The van der Waals surface area contributed by atoms with Crippen molar-refractivity contribution in [1.29, 1.82) is 0 Å². The highest BCUT2D eigenvalue weighted by molar-refractivity contribution is 7.54. The summed E-state index contributed by atoms with van der Waals surface area (Å²) in [5, 5.41) is 0. The van der Waals surface area contributed by atoms with Crippen LogP contribution in [0.5, 0.6) is 0 Å². The van der Waals surface area contributed by atoms with Crippen LogP contribution in [0.25, 0.3) is 0 Å². The second-order valence-corrected chi connectivity index (χ2v) is 9.27. The van der Waals surface area contributed by atoms with Crippen molar-refractivity contribution in [3.05, 3.63) is 25.3 Å². The summed E-state index contributed by atoms with van der Waals surface area (Å²) in [6, 6.07) is 0. The molecule has 2 atom stereocenters. The highest BCUT2D eigenvalue weighted by Gasteiger charge is 2.47. The first-order valence-electron chi connectivity index (χ1n) is 7.77. The van der Waals surface area contributed by atoms with Gasteiger partial charge in [-0.2, -0.15) is 4.65 Å². The van der Waals surface area contributed by atoms with E-state index in [0.717, 1.165) is 6.08 Å². The molecule has 0 radical (unpaired) electrons. The van der Waals surface area contributed by atoms with Gasteiger partial charge in [-0.25, -0.2) is 4.79 Å². The van der Waals surface area contributed by atoms with Crippen molar-refractivity contribution < 1.29 is 37.2 Å². The number of allylic oxidation sites excluding steroid dienone is 1. The zero-order chi connectivity index (χ0) is 19.9. The lowest BCUT2D eigenvalue weighted by Gasteiger charge is -2.35. The van der Waals surface area contributed by atoms with Crippen molar-refractivity contribution >= 4 is 19.3 Å². The van der Waals surface area contributed by atoms with E-state index >= 15 is 0 Å². The summed E-state index contributed by atoms with van der Waals surface area (Å²) in [6.45, 7) is 7.23. The summed E-state index contributed by atoms with van der Waals surface area (Å²) in [6.07, 6.45) is 2.39. The van der Waals surface area contributed by atoms with Crippen molar-refractivity contribution in [2.45, 2.75) is 12.3 Å². The van der Waals surface area contributed by atoms with E-state index in [-0.39, 0.29) is 29.9 Å². The third kappa shape index (κ3) is 9.09. The molecule has 0 aromatic rings. The predicted octanol–water partition coefficient (Wildman–Crippen LogP) is 1.74. The highest BCUT2D eigenvalue weighted by Crippen LogP contribution is 2.55. The van der Waals surface area contributed by atoms with Crippen molar-refractivity contribution in [1.82, 2.24) is 0 Å². The Labute approximate surface area is 150 Å². The maximum absolute atomic E-state index is 13.3. The van der Waals surface area contributed by atoms with Gasteiger partial charge in [-0.05, 0) is 6.08 Å². The molecule has 0 amide bonds. The fourth-order valence-electron chi connectivity index (χ4n) is 1.89. The largest absolute Gasteiger partial charge is 0.440 e. The minimum Gasteiger partial charge on any atom is -0.440 e. The first kappa shape index (κ1) is 23.7. The first-order valence-corrected chi connectivity index (χ1v) is 9.38. The smallest absolute Gasteiger partial charge is 0.426 e. The zero-order valence-corrected chi connectivity index (χ0v) is 17.0. The predicted molar refractivity (Wildman–Crippen MR) is 95.5 cm³/mol. The van der Waals surface area contributed by atoms with E-state index in [1.54, 1.807) is 14.1 Å². The molecular weight excluding hydrogens is 347 g/mol. The van der Waals surface area contributed by atoms with Gasteiger partial charge in [0.25, 0.3) is 5.85 Å². The van der Waals surface area contributed by atoms with Crippen molar-refractivity contribution in [2.24, 2.45) is 0 Å². The van der Waals surface area contributed by atoms with Crippen LogP contribution in [0.3, 0.4) is 0 Å². The van der Waals surface area contributed by atoms with Gasteiger partial charge in [-0.15, -0.1) is 4.62 Å². The van der Waals surface area contributed by atoms with Crippen LogP contribution in [0, 0.1) is 0 Å². The molecule has 0 aliphatic carbocycles. The quantitative estimate of drug-likeness (QED) is 0.169. The van der Waals surface area contributed by atoms with Crippen LogP contribution in [-0.2, 0) is 28.0 Å². The Morgan fingerprint density at radius 1 is 1.12 bits per heavy atom. The number of esters is 1. The molecule has 0 aromatic carbocycles. The normalized spacial score (nSPS) is 15.8. The summed E-state index contributed by atoms with van der Waals surface area (Å²) in [7, 11) is 6.26. The number of hydrogen-bond donors (Lipinski definition) is 0. The van der Waals surface area contributed by atoms with Crippen molar-refractivity contribution in [3.63, 3.8) is 0 Å². The Bertz CT molecular complexity index is 553. The third-order valence-corrected chi connectivity index (χ3v) is 5.34. The van der Waals surface area contributed by atoms with Crippen LogP contribution < -0.4 is 0 Å². The molecule has 0 heterocycles. The Morgan fingerprint density at radius 2 is 1.68 bits per heavy atom. The topological polar surface area (TPSA) is 78.9 Å². The molecule has 25 heavy (non-hydrogen) atoms. The first-order chi connectivity index (χ1) is 11.3. The number of carbonyl (C=O) groups excluding carboxylic acids is 2. The Hall–Kier alpha value is -1.31. The number of ether oxygens (including phenoxy) is 1. The van der Waals surface area contributed by atoms with Gasteiger partial charge in [0.1, 0.15) is 13.1 Å². The number of quaternary nitrogens is 2. The Kier molecular flexibility index (Phi) is 8.91. The zero-order valence-electron chi connectivity index (χ0n) is 16.1. The number of nitrogens with zero attached hydrogens (tertiary/aromatic N) is 2.